The SMILES string of the molecule is CCCN(Cc1ccccc1)C(=O)c1ccc(S(=O)(=O)N(CC)CC)cc1. The first-order valence-corrected chi connectivity index (χ1v) is 10.8. The minimum Gasteiger partial charge on any atom is -0.334 e. The Balaban J connectivity index is 2.22. The summed E-state index contributed by atoms with van der Waals surface area (Å²) in [6.45, 7) is 7.67. The third-order valence-corrected chi connectivity index (χ3v) is 6.51. The van der Waals surface area contributed by atoms with Gasteiger partial charge in [0.05, 0.1) is 4.90 Å². The van der Waals surface area contributed by atoms with Crippen LogP contribution in [0, 0.1) is 0 Å². The third kappa shape index (κ3) is 5.17. The van der Waals surface area contributed by atoms with Gasteiger partial charge in [0.1, 0.15) is 0 Å². The van der Waals surface area contributed by atoms with Crippen molar-refractivity contribution in [3.8, 4) is 0 Å². The van der Waals surface area contributed by atoms with Gasteiger partial charge in [-0.25, -0.2) is 8.42 Å². The highest BCUT2D eigenvalue weighted by atomic mass is 32.2. The Hall–Kier alpha value is -2.18. The number of hydrogen-bond donors (Lipinski definition) is 0. The average molecular weight is 389 g/mol. The molecule has 0 aliphatic carbocycles. The fourth-order valence-corrected chi connectivity index (χ4v) is 4.45. The maximum absolute atomic E-state index is 12.9. The number of sulfonamides is 1. The van der Waals surface area contributed by atoms with E-state index in [4.69, 9.17) is 0 Å². The lowest BCUT2D eigenvalue weighted by Gasteiger charge is -2.23. The molecule has 0 atom stereocenters. The van der Waals surface area contributed by atoms with Gasteiger partial charge in [0.15, 0.2) is 0 Å². The predicted molar refractivity (Wildman–Crippen MR) is 108 cm³/mol. The normalized spacial score (nSPS) is 11.6. The number of rotatable bonds is 9. The van der Waals surface area contributed by atoms with Crippen LogP contribution < -0.4 is 0 Å². The zero-order chi connectivity index (χ0) is 19.9. The molecule has 0 fully saturated rings. The second kappa shape index (κ2) is 9.67. The highest BCUT2D eigenvalue weighted by molar-refractivity contribution is 7.89. The van der Waals surface area contributed by atoms with Crippen LogP contribution in [0.4, 0.5) is 0 Å². The Morgan fingerprint density at radius 2 is 1.48 bits per heavy atom. The zero-order valence-corrected chi connectivity index (χ0v) is 17.1. The molecule has 0 radical (unpaired) electrons. The number of benzene rings is 2. The van der Waals surface area contributed by atoms with E-state index in [1.54, 1.807) is 17.0 Å². The van der Waals surface area contributed by atoms with Crippen LogP contribution in [0.3, 0.4) is 0 Å². The quantitative estimate of drug-likeness (QED) is 0.657. The lowest BCUT2D eigenvalue weighted by Crippen LogP contribution is -2.32. The van der Waals surface area contributed by atoms with E-state index in [1.807, 2.05) is 51.1 Å². The van der Waals surface area contributed by atoms with Gasteiger partial charge in [-0.3, -0.25) is 4.79 Å². The van der Waals surface area contributed by atoms with Crippen LogP contribution in [0.5, 0.6) is 0 Å². The van der Waals surface area contributed by atoms with E-state index in [0.29, 0.717) is 31.7 Å². The van der Waals surface area contributed by atoms with Gasteiger partial charge in [-0.15, -0.1) is 0 Å². The molecule has 0 spiro atoms. The van der Waals surface area contributed by atoms with E-state index in [1.165, 1.54) is 16.4 Å². The number of nitrogens with zero attached hydrogens (tertiary/aromatic N) is 2. The van der Waals surface area contributed by atoms with Crippen LogP contribution >= 0.6 is 0 Å². The summed E-state index contributed by atoms with van der Waals surface area (Å²) >= 11 is 0. The van der Waals surface area contributed by atoms with Crippen molar-refractivity contribution in [2.75, 3.05) is 19.6 Å². The summed E-state index contributed by atoms with van der Waals surface area (Å²) in [5.74, 6) is -0.0903. The first kappa shape index (κ1) is 21.1. The third-order valence-electron chi connectivity index (χ3n) is 4.44. The van der Waals surface area contributed by atoms with Crippen LogP contribution in [0.25, 0.3) is 0 Å². The van der Waals surface area contributed by atoms with Gasteiger partial charge >= 0.3 is 0 Å². The van der Waals surface area contributed by atoms with Crippen LogP contribution in [-0.2, 0) is 16.6 Å². The zero-order valence-electron chi connectivity index (χ0n) is 16.3. The monoisotopic (exact) mass is 388 g/mol. The molecule has 0 heterocycles. The Kier molecular flexibility index (Phi) is 7.56. The van der Waals surface area contributed by atoms with Crippen LogP contribution in [0.15, 0.2) is 59.5 Å². The molecule has 1 amide bonds. The van der Waals surface area contributed by atoms with E-state index in [2.05, 4.69) is 0 Å². The maximum Gasteiger partial charge on any atom is 0.254 e. The summed E-state index contributed by atoms with van der Waals surface area (Å²) in [6, 6.07) is 16.1. The van der Waals surface area contributed by atoms with Crippen LogP contribution in [0.1, 0.15) is 43.1 Å². The van der Waals surface area contributed by atoms with E-state index in [-0.39, 0.29) is 10.8 Å². The Morgan fingerprint density at radius 3 is 2.00 bits per heavy atom. The minimum atomic E-state index is -3.51. The fraction of sp³-hybridized carbons (Fsp3) is 0.381. The first-order chi connectivity index (χ1) is 12.9. The summed E-state index contributed by atoms with van der Waals surface area (Å²) < 4.78 is 26.6. The molecule has 6 heteroatoms. The molecule has 0 unspecified atom stereocenters. The molecule has 2 aromatic rings. The first-order valence-electron chi connectivity index (χ1n) is 9.37. The van der Waals surface area contributed by atoms with Crippen molar-refractivity contribution in [3.63, 3.8) is 0 Å². The van der Waals surface area contributed by atoms with Crippen molar-refractivity contribution in [1.82, 2.24) is 9.21 Å². The van der Waals surface area contributed by atoms with Crippen LogP contribution in [0.2, 0.25) is 0 Å². The molecule has 27 heavy (non-hydrogen) atoms. The molecule has 2 aromatic carbocycles. The highest BCUT2D eigenvalue weighted by Gasteiger charge is 2.22. The molecule has 0 saturated carbocycles. The number of amides is 1. The molecular formula is C21H28N2O3S. The summed E-state index contributed by atoms with van der Waals surface area (Å²) in [7, 11) is -3.51. The topological polar surface area (TPSA) is 57.7 Å². The van der Waals surface area contributed by atoms with Gasteiger partial charge in [0.25, 0.3) is 5.91 Å². The smallest absolute Gasteiger partial charge is 0.254 e. The largest absolute Gasteiger partial charge is 0.334 e. The standard InChI is InChI=1S/C21H28N2O3S/c1-4-16-22(17-18-10-8-7-9-11-18)21(24)19-12-14-20(15-13-19)27(25,26)23(5-2)6-3/h7-15H,4-6,16-17H2,1-3H3. The van der Waals surface area contributed by atoms with E-state index >= 15 is 0 Å². The molecular weight excluding hydrogens is 360 g/mol. The summed E-state index contributed by atoms with van der Waals surface area (Å²) in [6.07, 6.45) is 0.854. The fourth-order valence-electron chi connectivity index (χ4n) is 2.99. The minimum absolute atomic E-state index is 0.0903. The Labute approximate surface area is 162 Å². The number of carbonyl (C=O) groups excluding carboxylic acids is 1. The molecule has 0 aliphatic rings. The lowest BCUT2D eigenvalue weighted by atomic mass is 10.1. The van der Waals surface area contributed by atoms with Crippen molar-refractivity contribution < 1.29 is 13.2 Å². The lowest BCUT2D eigenvalue weighted by molar-refractivity contribution is 0.0743. The summed E-state index contributed by atoms with van der Waals surface area (Å²) in [5, 5.41) is 0. The van der Waals surface area contributed by atoms with Crippen molar-refractivity contribution in [2.24, 2.45) is 0 Å². The van der Waals surface area contributed by atoms with Gasteiger partial charge in [-0.2, -0.15) is 4.31 Å². The summed E-state index contributed by atoms with van der Waals surface area (Å²) in [4.78, 5) is 14.9. The van der Waals surface area contributed by atoms with Crippen molar-refractivity contribution in [2.45, 2.75) is 38.6 Å². The second-order valence-corrected chi connectivity index (χ2v) is 8.26. The van der Waals surface area contributed by atoms with E-state index in [0.717, 1.165) is 12.0 Å². The van der Waals surface area contributed by atoms with Crippen molar-refractivity contribution in [3.05, 3.63) is 65.7 Å². The van der Waals surface area contributed by atoms with Gasteiger partial charge in [-0.05, 0) is 36.2 Å². The Morgan fingerprint density at radius 1 is 0.889 bits per heavy atom. The van der Waals surface area contributed by atoms with E-state index in [9.17, 15) is 13.2 Å². The molecule has 2 rings (SSSR count). The molecule has 146 valence electrons. The average Bonchev–Trinajstić information content (AvgIpc) is 2.69. The maximum atomic E-state index is 12.9. The number of carbonyl (C=O) groups is 1. The van der Waals surface area contributed by atoms with Gasteiger partial charge in [0, 0.05) is 31.7 Å². The number of hydrogen-bond acceptors (Lipinski definition) is 3. The van der Waals surface area contributed by atoms with Gasteiger partial charge in [0.2, 0.25) is 10.0 Å². The molecule has 0 saturated heterocycles. The van der Waals surface area contributed by atoms with Gasteiger partial charge < -0.3 is 4.90 Å². The Bertz CT molecular complexity index is 829. The highest BCUT2D eigenvalue weighted by Crippen LogP contribution is 2.18. The van der Waals surface area contributed by atoms with Crippen molar-refractivity contribution >= 4 is 15.9 Å². The second-order valence-electron chi connectivity index (χ2n) is 6.33. The van der Waals surface area contributed by atoms with E-state index < -0.39 is 10.0 Å². The molecule has 0 bridgehead atoms. The molecule has 5 nitrogen and oxygen atoms in total. The summed E-state index contributed by atoms with van der Waals surface area (Å²) in [5.41, 5.74) is 1.57. The van der Waals surface area contributed by atoms with Gasteiger partial charge in [-0.1, -0.05) is 51.1 Å². The van der Waals surface area contributed by atoms with Crippen molar-refractivity contribution in [1.29, 1.82) is 0 Å². The molecule has 0 aliphatic heterocycles. The molecule has 0 N–H and O–H groups in total. The predicted octanol–water partition coefficient (Wildman–Crippen LogP) is 3.77. The molecule has 0 aromatic heterocycles. The van der Waals surface area contributed by atoms with Crippen LogP contribution in [-0.4, -0.2) is 43.2 Å².